The molecule has 4 nitrogen and oxygen atoms in total. The van der Waals surface area contributed by atoms with Crippen LogP contribution in [-0.4, -0.2) is 22.2 Å². The molecule has 0 saturated carbocycles. The van der Waals surface area contributed by atoms with E-state index in [0.717, 1.165) is 28.7 Å². The number of aryl methyl sites for hydroxylation is 1. The zero-order chi connectivity index (χ0) is 14.5. The summed E-state index contributed by atoms with van der Waals surface area (Å²) >= 11 is 1.61. The van der Waals surface area contributed by atoms with Crippen molar-refractivity contribution in [3.8, 4) is 0 Å². The minimum absolute atomic E-state index is 0.0859. The van der Waals surface area contributed by atoms with E-state index in [1.165, 1.54) is 0 Å². The second-order valence-corrected chi connectivity index (χ2v) is 5.92. The number of para-hydroxylation sites is 1. The van der Waals surface area contributed by atoms with Crippen molar-refractivity contribution in [2.24, 2.45) is 0 Å². The van der Waals surface area contributed by atoms with Gasteiger partial charge in [0, 0.05) is 23.4 Å². The van der Waals surface area contributed by atoms with E-state index < -0.39 is 0 Å². The molecular weight excluding hydrogens is 282 g/mol. The fraction of sp³-hybridized carbons (Fsp3) is 0.250. The zero-order valence-corrected chi connectivity index (χ0v) is 12.5. The van der Waals surface area contributed by atoms with Crippen molar-refractivity contribution in [3.63, 3.8) is 0 Å². The highest BCUT2D eigenvalue weighted by molar-refractivity contribution is 7.10. The molecule has 108 valence electrons. The Bertz CT molecular complexity index is 718. The molecule has 1 amide bonds. The summed E-state index contributed by atoms with van der Waals surface area (Å²) < 4.78 is 1.99. The maximum atomic E-state index is 11.8. The first kappa shape index (κ1) is 13.8. The number of fused-ring (bicyclic) bond motifs is 1. The standard InChI is InChI=1S/C16H17N3OS/c20-16(11-14-6-3-10-21-14)17-8-4-9-19-15-7-2-1-5-13(15)12-18-19/h1-3,5-7,10,12H,4,8-9,11H2,(H,17,20). The SMILES string of the molecule is O=C(Cc1cccs1)NCCCn1ncc2ccccc21. The molecule has 2 aromatic heterocycles. The molecule has 0 bridgehead atoms. The molecule has 0 aliphatic rings. The highest BCUT2D eigenvalue weighted by atomic mass is 32.1. The summed E-state index contributed by atoms with van der Waals surface area (Å²) in [6.45, 7) is 1.49. The molecule has 0 fully saturated rings. The molecule has 1 N–H and O–H groups in total. The van der Waals surface area contributed by atoms with Crippen LogP contribution in [0, 0.1) is 0 Å². The third-order valence-corrected chi connectivity index (χ3v) is 4.21. The smallest absolute Gasteiger partial charge is 0.225 e. The molecule has 1 aromatic carbocycles. The summed E-state index contributed by atoms with van der Waals surface area (Å²) in [5.74, 6) is 0.0859. The van der Waals surface area contributed by atoms with Gasteiger partial charge in [0.05, 0.1) is 18.1 Å². The Hall–Kier alpha value is -2.14. The number of carbonyl (C=O) groups excluding carboxylic acids is 1. The van der Waals surface area contributed by atoms with Crippen molar-refractivity contribution in [3.05, 3.63) is 52.9 Å². The molecule has 0 radical (unpaired) electrons. The molecule has 0 aliphatic heterocycles. The van der Waals surface area contributed by atoms with Crippen molar-refractivity contribution in [1.29, 1.82) is 0 Å². The maximum Gasteiger partial charge on any atom is 0.225 e. The lowest BCUT2D eigenvalue weighted by Crippen LogP contribution is -2.26. The fourth-order valence-electron chi connectivity index (χ4n) is 2.29. The van der Waals surface area contributed by atoms with Gasteiger partial charge >= 0.3 is 0 Å². The summed E-state index contributed by atoms with van der Waals surface area (Å²) in [6.07, 6.45) is 3.23. The van der Waals surface area contributed by atoms with Crippen LogP contribution in [0.25, 0.3) is 10.9 Å². The zero-order valence-electron chi connectivity index (χ0n) is 11.7. The van der Waals surface area contributed by atoms with E-state index >= 15 is 0 Å². The van der Waals surface area contributed by atoms with E-state index in [1.807, 2.05) is 40.5 Å². The highest BCUT2D eigenvalue weighted by Crippen LogP contribution is 2.12. The molecule has 21 heavy (non-hydrogen) atoms. The van der Waals surface area contributed by atoms with E-state index in [4.69, 9.17) is 0 Å². The second-order valence-electron chi connectivity index (χ2n) is 4.89. The number of hydrogen-bond acceptors (Lipinski definition) is 3. The third kappa shape index (κ3) is 3.49. The van der Waals surface area contributed by atoms with Gasteiger partial charge in [-0.1, -0.05) is 24.3 Å². The summed E-state index contributed by atoms with van der Waals surface area (Å²) in [5, 5.41) is 10.5. The Morgan fingerprint density at radius 3 is 3.00 bits per heavy atom. The number of aromatic nitrogens is 2. The van der Waals surface area contributed by atoms with E-state index in [-0.39, 0.29) is 5.91 Å². The molecule has 0 spiro atoms. The van der Waals surface area contributed by atoms with Crippen LogP contribution < -0.4 is 5.32 Å². The van der Waals surface area contributed by atoms with Crippen LogP contribution in [0.1, 0.15) is 11.3 Å². The molecule has 3 rings (SSSR count). The van der Waals surface area contributed by atoms with Crippen LogP contribution in [0.4, 0.5) is 0 Å². The number of carbonyl (C=O) groups is 1. The second kappa shape index (κ2) is 6.54. The lowest BCUT2D eigenvalue weighted by molar-refractivity contribution is -0.120. The van der Waals surface area contributed by atoms with Crippen molar-refractivity contribution in [2.75, 3.05) is 6.54 Å². The number of hydrogen-bond donors (Lipinski definition) is 1. The van der Waals surface area contributed by atoms with Gasteiger partial charge in [0.25, 0.3) is 0 Å². The van der Waals surface area contributed by atoms with Crippen LogP contribution >= 0.6 is 11.3 Å². The summed E-state index contributed by atoms with van der Waals surface area (Å²) in [4.78, 5) is 12.9. The Balaban J connectivity index is 1.45. The number of nitrogens with one attached hydrogen (secondary N) is 1. The van der Waals surface area contributed by atoms with E-state index in [0.29, 0.717) is 13.0 Å². The predicted octanol–water partition coefficient (Wildman–Crippen LogP) is 2.85. The predicted molar refractivity (Wildman–Crippen MR) is 85.4 cm³/mol. The summed E-state index contributed by atoms with van der Waals surface area (Å²) in [6, 6.07) is 12.1. The Morgan fingerprint density at radius 2 is 2.14 bits per heavy atom. The lowest BCUT2D eigenvalue weighted by Gasteiger charge is -2.05. The monoisotopic (exact) mass is 299 g/mol. The first-order valence-corrected chi connectivity index (χ1v) is 7.90. The number of benzene rings is 1. The van der Waals surface area contributed by atoms with Crippen LogP contribution in [0.5, 0.6) is 0 Å². The normalized spacial score (nSPS) is 10.9. The van der Waals surface area contributed by atoms with Crippen molar-refractivity contribution >= 4 is 28.1 Å². The van der Waals surface area contributed by atoms with E-state index in [1.54, 1.807) is 11.3 Å². The van der Waals surface area contributed by atoms with Crippen LogP contribution in [0.2, 0.25) is 0 Å². The van der Waals surface area contributed by atoms with Crippen molar-refractivity contribution in [1.82, 2.24) is 15.1 Å². The van der Waals surface area contributed by atoms with Gasteiger partial charge in [0.2, 0.25) is 5.91 Å². The first-order valence-electron chi connectivity index (χ1n) is 7.02. The molecule has 2 heterocycles. The third-order valence-electron chi connectivity index (χ3n) is 3.33. The number of thiophene rings is 1. The van der Waals surface area contributed by atoms with Gasteiger partial charge < -0.3 is 5.32 Å². The van der Waals surface area contributed by atoms with Crippen LogP contribution in [-0.2, 0) is 17.8 Å². The van der Waals surface area contributed by atoms with Gasteiger partial charge in [-0.2, -0.15) is 5.10 Å². The maximum absolute atomic E-state index is 11.8. The van der Waals surface area contributed by atoms with Gasteiger partial charge in [-0.05, 0) is 23.9 Å². The molecule has 0 aliphatic carbocycles. The Morgan fingerprint density at radius 1 is 1.24 bits per heavy atom. The minimum Gasteiger partial charge on any atom is -0.356 e. The molecule has 0 atom stereocenters. The molecule has 0 unspecified atom stereocenters. The van der Waals surface area contributed by atoms with Gasteiger partial charge in [-0.25, -0.2) is 0 Å². The minimum atomic E-state index is 0.0859. The molecule has 3 aromatic rings. The van der Waals surface area contributed by atoms with Crippen molar-refractivity contribution < 1.29 is 4.79 Å². The first-order chi connectivity index (χ1) is 10.3. The molecular formula is C16H17N3OS. The summed E-state index contributed by atoms with van der Waals surface area (Å²) in [7, 11) is 0. The van der Waals surface area contributed by atoms with Crippen LogP contribution in [0.3, 0.4) is 0 Å². The van der Waals surface area contributed by atoms with Gasteiger partial charge in [-0.3, -0.25) is 9.48 Å². The average molecular weight is 299 g/mol. The average Bonchev–Trinajstić information content (AvgIpc) is 3.13. The largest absolute Gasteiger partial charge is 0.356 e. The Kier molecular flexibility index (Phi) is 4.31. The number of amides is 1. The molecule has 5 heteroatoms. The van der Waals surface area contributed by atoms with Crippen molar-refractivity contribution in [2.45, 2.75) is 19.4 Å². The topological polar surface area (TPSA) is 46.9 Å². The Labute approximate surface area is 127 Å². The van der Waals surface area contributed by atoms with Gasteiger partial charge in [0.15, 0.2) is 0 Å². The van der Waals surface area contributed by atoms with E-state index in [9.17, 15) is 4.79 Å². The van der Waals surface area contributed by atoms with Gasteiger partial charge in [-0.15, -0.1) is 11.3 Å². The quantitative estimate of drug-likeness (QED) is 0.711. The van der Waals surface area contributed by atoms with Gasteiger partial charge in [0.1, 0.15) is 0 Å². The number of nitrogens with zero attached hydrogens (tertiary/aromatic N) is 2. The highest BCUT2D eigenvalue weighted by Gasteiger charge is 2.04. The lowest BCUT2D eigenvalue weighted by atomic mass is 10.2. The number of rotatable bonds is 6. The van der Waals surface area contributed by atoms with Crippen LogP contribution in [0.15, 0.2) is 48.0 Å². The van der Waals surface area contributed by atoms with E-state index in [2.05, 4.69) is 22.5 Å². The summed E-state index contributed by atoms with van der Waals surface area (Å²) in [5.41, 5.74) is 1.14. The fourth-order valence-corrected chi connectivity index (χ4v) is 3.00. The molecule has 0 saturated heterocycles.